The van der Waals surface area contributed by atoms with Gasteiger partial charge in [-0.15, -0.1) is 0 Å². The minimum Gasteiger partial charge on any atom is -0.384 e. The van der Waals surface area contributed by atoms with Crippen LogP contribution in [0.1, 0.15) is 43.1 Å². The van der Waals surface area contributed by atoms with Gasteiger partial charge in [0.1, 0.15) is 0 Å². The highest BCUT2D eigenvalue weighted by Crippen LogP contribution is 2.21. The summed E-state index contributed by atoms with van der Waals surface area (Å²) in [6, 6.07) is 2.48. The first-order chi connectivity index (χ1) is 11.2. The lowest BCUT2D eigenvalue weighted by Crippen LogP contribution is -2.16. The summed E-state index contributed by atoms with van der Waals surface area (Å²) in [5, 5.41) is 16.2. The zero-order chi connectivity index (χ0) is 15.8. The third kappa shape index (κ3) is 2.60. The SMILES string of the molecule is CC(C)n1ncc2cc(CNC3=Cc4cn[nH]c4CC3)cnc21. The number of nitrogens with zero attached hydrogens (tertiary/aromatic N) is 4. The lowest BCUT2D eigenvalue weighted by atomic mass is 10.0. The van der Waals surface area contributed by atoms with E-state index in [0.717, 1.165) is 30.4 Å². The summed E-state index contributed by atoms with van der Waals surface area (Å²) >= 11 is 0. The molecule has 3 aromatic heterocycles. The Morgan fingerprint density at radius 2 is 2.17 bits per heavy atom. The lowest BCUT2D eigenvalue weighted by molar-refractivity contribution is 0.546. The molecule has 0 spiro atoms. The van der Waals surface area contributed by atoms with Crippen LogP contribution in [0.3, 0.4) is 0 Å². The second-order valence-corrected chi connectivity index (χ2v) is 6.27. The van der Waals surface area contributed by atoms with Crippen molar-refractivity contribution in [3.05, 3.63) is 47.2 Å². The highest BCUT2D eigenvalue weighted by molar-refractivity contribution is 5.75. The Morgan fingerprint density at radius 1 is 1.26 bits per heavy atom. The van der Waals surface area contributed by atoms with Crippen molar-refractivity contribution < 1.29 is 0 Å². The van der Waals surface area contributed by atoms with Crippen molar-refractivity contribution in [1.82, 2.24) is 30.3 Å². The zero-order valence-corrected chi connectivity index (χ0v) is 13.4. The van der Waals surface area contributed by atoms with E-state index in [9.17, 15) is 0 Å². The molecular formula is C17H20N6. The summed E-state index contributed by atoms with van der Waals surface area (Å²) in [6.07, 6.45) is 9.89. The van der Waals surface area contributed by atoms with Gasteiger partial charge in [0.05, 0.1) is 12.4 Å². The van der Waals surface area contributed by atoms with Crippen molar-refractivity contribution in [2.24, 2.45) is 0 Å². The third-order valence-electron chi connectivity index (χ3n) is 4.22. The molecule has 4 rings (SSSR count). The smallest absolute Gasteiger partial charge is 0.157 e. The molecule has 0 saturated heterocycles. The highest BCUT2D eigenvalue weighted by atomic mass is 15.3. The van der Waals surface area contributed by atoms with E-state index in [4.69, 9.17) is 0 Å². The highest BCUT2D eigenvalue weighted by Gasteiger charge is 2.12. The molecule has 0 unspecified atom stereocenters. The van der Waals surface area contributed by atoms with E-state index in [-0.39, 0.29) is 0 Å². The maximum atomic E-state index is 4.58. The fourth-order valence-corrected chi connectivity index (χ4v) is 2.98. The molecule has 0 saturated carbocycles. The van der Waals surface area contributed by atoms with Crippen molar-refractivity contribution in [2.75, 3.05) is 0 Å². The maximum absolute atomic E-state index is 4.58. The van der Waals surface area contributed by atoms with Gasteiger partial charge < -0.3 is 5.32 Å². The van der Waals surface area contributed by atoms with Gasteiger partial charge in [-0.25, -0.2) is 9.67 Å². The van der Waals surface area contributed by atoms with Crippen LogP contribution in [-0.2, 0) is 13.0 Å². The Labute approximate surface area is 134 Å². The predicted octanol–water partition coefficient (Wildman–Crippen LogP) is 2.81. The maximum Gasteiger partial charge on any atom is 0.157 e. The van der Waals surface area contributed by atoms with Crippen molar-refractivity contribution in [3.63, 3.8) is 0 Å². The second-order valence-electron chi connectivity index (χ2n) is 6.27. The monoisotopic (exact) mass is 308 g/mol. The summed E-state index contributed by atoms with van der Waals surface area (Å²) in [6.45, 7) is 5.00. The summed E-state index contributed by atoms with van der Waals surface area (Å²) < 4.78 is 1.95. The minimum atomic E-state index is 0.320. The average Bonchev–Trinajstić information content (AvgIpc) is 3.18. The van der Waals surface area contributed by atoms with E-state index < -0.39 is 0 Å². The molecule has 118 valence electrons. The Hall–Kier alpha value is -2.63. The van der Waals surface area contributed by atoms with E-state index in [2.05, 4.69) is 51.6 Å². The van der Waals surface area contributed by atoms with Crippen molar-refractivity contribution in [2.45, 2.75) is 39.3 Å². The fraction of sp³-hybridized carbons (Fsp3) is 0.353. The molecule has 3 heterocycles. The van der Waals surface area contributed by atoms with Crippen LogP contribution in [0.4, 0.5) is 0 Å². The fourth-order valence-electron chi connectivity index (χ4n) is 2.98. The molecule has 1 aliphatic rings. The number of allylic oxidation sites excluding steroid dienone is 1. The van der Waals surface area contributed by atoms with E-state index in [1.807, 2.05) is 23.3 Å². The van der Waals surface area contributed by atoms with Crippen LogP contribution < -0.4 is 5.32 Å². The van der Waals surface area contributed by atoms with Crippen LogP contribution in [0.5, 0.6) is 0 Å². The summed E-state index contributed by atoms with van der Waals surface area (Å²) in [7, 11) is 0. The number of H-pyrrole nitrogens is 1. The molecule has 6 nitrogen and oxygen atoms in total. The minimum absolute atomic E-state index is 0.320. The number of aromatic amines is 1. The number of nitrogens with one attached hydrogen (secondary N) is 2. The molecule has 0 bridgehead atoms. The van der Waals surface area contributed by atoms with Gasteiger partial charge in [-0.3, -0.25) is 5.10 Å². The first kappa shape index (κ1) is 14.0. The Balaban J connectivity index is 1.50. The van der Waals surface area contributed by atoms with Crippen LogP contribution in [-0.4, -0.2) is 25.0 Å². The van der Waals surface area contributed by atoms with Gasteiger partial charge in [0.25, 0.3) is 0 Å². The molecular weight excluding hydrogens is 288 g/mol. The zero-order valence-electron chi connectivity index (χ0n) is 13.4. The summed E-state index contributed by atoms with van der Waals surface area (Å²) in [5.74, 6) is 0. The first-order valence-corrected chi connectivity index (χ1v) is 7.99. The summed E-state index contributed by atoms with van der Waals surface area (Å²) in [4.78, 5) is 4.58. The normalized spacial score (nSPS) is 14.1. The van der Waals surface area contributed by atoms with E-state index in [1.165, 1.54) is 22.5 Å². The van der Waals surface area contributed by atoms with Crippen LogP contribution in [0, 0.1) is 0 Å². The van der Waals surface area contributed by atoms with Crippen molar-refractivity contribution in [1.29, 1.82) is 0 Å². The predicted molar refractivity (Wildman–Crippen MR) is 89.6 cm³/mol. The van der Waals surface area contributed by atoms with E-state index in [1.54, 1.807) is 0 Å². The molecule has 0 aliphatic heterocycles. The van der Waals surface area contributed by atoms with Gasteiger partial charge in [0, 0.05) is 41.1 Å². The van der Waals surface area contributed by atoms with Crippen molar-refractivity contribution in [3.8, 4) is 0 Å². The Kier molecular flexibility index (Phi) is 3.37. The number of pyridine rings is 1. The largest absolute Gasteiger partial charge is 0.384 e. The van der Waals surface area contributed by atoms with Crippen LogP contribution in [0.15, 0.2) is 30.4 Å². The number of aromatic nitrogens is 5. The third-order valence-corrected chi connectivity index (χ3v) is 4.22. The number of fused-ring (bicyclic) bond motifs is 2. The molecule has 0 radical (unpaired) electrons. The molecule has 0 atom stereocenters. The number of hydrogen-bond acceptors (Lipinski definition) is 4. The molecule has 2 N–H and O–H groups in total. The van der Waals surface area contributed by atoms with E-state index >= 15 is 0 Å². The topological polar surface area (TPSA) is 71.4 Å². The molecule has 1 aliphatic carbocycles. The Bertz CT molecular complexity index is 870. The van der Waals surface area contributed by atoms with Gasteiger partial charge in [0.15, 0.2) is 5.65 Å². The second kappa shape index (κ2) is 5.53. The molecule has 0 fully saturated rings. The van der Waals surface area contributed by atoms with Gasteiger partial charge in [-0.2, -0.15) is 10.2 Å². The van der Waals surface area contributed by atoms with Gasteiger partial charge in [-0.05, 0) is 44.4 Å². The quantitative estimate of drug-likeness (QED) is 0.777. The van der Waals surface area contributed by atoms with Crippen LogP contribution in [0.2, 0.25) is 0 Å². The molecule has 0 aromatic carbocycles. The van der Waals surface area contributed by atoms with Crippen LogP contribution >= 0.6 is 0 Å². The molecule has 3 aromatic rings. The lowest BCUT2D eigenvalue weighted by Gasteiger charge is -2.15. The van der Waals surface area contributed by atoms with Gasteiger partial charge in [0.2, 0.25) is 0 Å². The van der Waals surface area contributed by atoms with Crippen molar-refractivity contribution >= 4 is 17.1 Å². The first-order valence-electron chi connectivity index (χ1n) is 7.99. The molecule has 6 heteroatoms. The standard InChI is InChI=1S/C17H20N6/c1-11(2)23-17-14(10-21-23)5-12(8-19-17)7-18-15-3-4-16-13(6-15)9-20-22-16/h5-6,8-11,18H,3-4,7H2,1-2H3,(H,20,22). The number of hydrogen-bond donors (Lipinski definition) is 2. The Morgan fingerprint density at radius 3 is 3.04 bits per heavy atom. The number of rotatable bonds is 4. The molecule has 0 amide bonds. The summed E-state index contributed by atoms with van der Waals surface area (Å²) in [5.41, 5.74) is 5.77. The number of aryl methyl sites for hydroxylation is 1. The molecule has 23 heavy (non-hydrogen) atoms. The van der Waals surface area contributed by atoms with Gasteiger partial charge >= 0.3 is 0 Å². The average molecular weight is 308 g/mol. The van der Waals surface area contributed by atoms with E-state index in [0.29, 0.717) is 6.04 Å². The van der Waals surface area contributed by atoms with Crippen LogP contribution in [0.25, 0.3) is 17.1 Å². The van der Waals surface area contributed by atoms with Gasteiger partial charge in [-0.1, -0.05) is 0 Å².